The number of carbonyl (C=O) groups excluding carboxylic acids is 2. The Morgan fingerprint density at radius 3 is 1.35 bits per heavy atom. The number of thiophene rings is 2. The maximum absolute atomic E-state index is 13.3. The number of unbranched alkanes of at least 4 members (excludes halogenated alkanes) is 2. The highest BCUT2D eigenvalue weighted by Gasteiger charge is 2.32. The van der Waals surface area contributed by atoms with Gasteiger partial charge in [-0.15, -0.1) is 22.7 Å². The molecule has 14 nitrogen and oxygen atoms in total. The van der Waals surface area contributed by atoms with Crippen molar-refractivity contribution in [2.75, 3.05) is 40.4 Å². The summed E-state index contributed by atoms with van der Waals surface area (Å²) >= 11 is 2.41. The fraction of sp³-hybridized carbons (Fsp3) is 0.404. The molecule has 4 aromatic carbocycles. The molecule has 402 valence electrons. The van der Waals surface area contributed by atoms with Crippen LogP contribution in [0, 0.1) is 0 Å². The summed E-state index contributed by atoms with van der Waals surface area (Å²) in [7, 11) is -3.99. The molecule has 2 fully saturated rings. The first kappa shape index (κ1) is 57.3. The van der Waals surface area contributed by atoms with Gasteiger partial charge < -0.3 is 30.7 Å². The van der Waals surface area contributed by atoms with Crippen LogP contribution < -0.4 is 30.7 Å². The van der Waals surface area contributed by atoms with Crippen molar-refractivity contribution >= 4 is 54.5 Å². The van der Waals surface area contributed by atoms with E-state index < -0.39 is 20.0 Å². The quantitative estimate of drug-likeness (QED) is 0.0453. The maximum Gasteiger partial charge on any atom is 0.252 e. The van der Waals surface area contributed by atoms with Crippen molar-refractivity contribution in [3.63, 3.8) is 0 Å². The third kappa shape index (κ3) is 16.5. The van der Waals surface area contributed by atoms with E-state index in [9.17, 15) is 26.4 Å². The van der Waals surface area contributed by atoms with E-state index in [1.54, 1.807) is 95.6 Å². The Balaban J connectivity index is 0.000000219. The molecule has 2 saturated heterocycles. The number of benzene rings is 4. The Morgan fingerprint density at radius 2 is 0.947 bits per heavy atom. The number of amides is 2. The molecule has 2 aliphatic heterocycles. The molecule has 0 bridgehead atoms. The van der Waals surface area contributed by atoms with Gasteiger partial charge in [0.15, 0.2) is 0 Å². The standard InChI is InChI=1S/C30H39N3O4S2.C27H33N3O4S2/c1-3-4-5-7-23-10-12-24(13-11-23)21-31-26-16-18-33(19-17-26)39(35,36)29-15-14-28(38-29)22-32-30(34)25-8-6-9-27(20-25)37-2;1-3-20-7-9-21(10-8-20)18-28-23-13-15-30(16-14-23)36(32,33)26-12-11-25(35-26)19-29-27(31)22-5-4-6-24(17-22)34-2/h6,8-15,20,26,31H,3-5,7,16-19,21-22H2,1-2H3,(H,32,34);4-12,17,23,28H,3,13-16,18-19H2,1-2H3,(H,29,31). The third-order valence-corrected chi connectivity index (χ3v) is 20.5. The zero-order chi connectivity index (χ0) is 53.2. The number of aryl methyl sites for hydroxylation is 2. The second-order valence-electron chi connectivity index (χ2n) is 18.8. The van der Waals surface area contributed by atoms with Gasteiger partial charge in [0.2, 0.25) is 0 Å². The number of piperidine rings is 2. The van der Waals surface area contributed by atoms with Gasteiger partial charge >= 0.3 is 0 Å². The minimum absolute atomic E-state index is 0.232. The van der Waals surface area contributed by atoms with Gasteiger partial charge in [0.1, 0.15) is 19.9 Å². The third-order valence-electron chi connectivity index (χ3n) is 13.6. The molecular formula is C57H72N6O8S4. The summed E-state index contributed by atoms with van der Waals surface area (Å²) in [6.45, 7) is 8.47. The van der Waals surface area contributed by atoms with Crippen LogP contribution in [-0.4, -0.2) is 89.7 Å². The van der Waals surface area contributed by atoms with E-state index in [4.69, 9.17) is 9.47 Å². The van der Waals surface area contributed by atoms with Gasteiger partial charge in [-0.25, -0.2) is 16.8 Å². The normalized spacial score (nSPS) is 14.9. The SMILES string of the molecule is CCCCCc1ccc(CNC2CCN(S(=O)(=O)c3ccc(CNC(=O)c4cccc(OC)c4)s3)CC2)cc1.CCc1ccc(CNC2CCN(S(=O)(=O)c3ccc(CNC(=O)c4cccc(OC)c4)s3)CC2)cc1. The van der Waals surface area contributed by atoms with Gasteiger partial charge in [0, 0.05) is 72.2 Å². The minimum atomic E-state index is -3.55. The van der Waals surface area contributed by atoms with E-state index in [-0.39, 0.29) is 24.9 Å². The Morgan fingerprint density at radius 1 is 0.533 bits per heavy atom. The number of hydrogen-bond acceptors (Lipinski definition) is 12. The first-order chi connectivity index (χ1) is 36.3. The summed E-state index contributed by atoms with van der Waals surface area (Å²) in [5.41, 5.74) is 6.21. The highest BCUT2D eigenvalue weighted by Crippen LogP contribution is 2.29. The molecule has 4 N–H and O–H groups in total. The predicted molar refractivity (Wildman–Crippen MR) is 300 cm³/mol. The summed E-state index contributed by atoms with van der Waals surface area (Å²) in [4.78, 5) is 26.5. The molecule has 2 amide bonds. The average Bonchev–Trinajstić information content (AvgIpc) is 4.16. The van der Waals surface area contributed by atoms with Crippen LogP contribution in [0.3, 0.4) is 0 Å². The largest absolute Gasteiger partial charge is 0.497 e. The molecule has 4 heterocycles. The monoisotopic (exact) mass is 1100 g/mol. The zero-order valence-electron chi connectivity index (χ0n) is 43.5. The number of hydrogen-bond donors (Lipinski definition) is 4. The van der Waals surface area contributed by atoms with Crippen molar-refractivity contribution in [1.29, 1.82) is 0 Å². The van der Waals surface area contributed by atoms with E-state index in [0.29, 0.717) is 69.3 Å². The van der Waals surface area contributed by atoms with Gasteiger partial charge in [0.05, 0.1) is 27.3 Å². The molecule has 0 spiro atoms. The smallest absolute Gasteiger partial charge is 0.252 e. The van der Waals surface area contributed by atoms with Crippen LogP contribution in [-0.2, 0) is 59.1 Å². The second kappa shape index (κ2) is 28.1. The van der Waals surface area contributed by atoms with Crippen LogP contribution in [0.5, 0.6) is 11.5 Å². The molecule has 0 unspecified atom stereocenters. The molecule has 8 rings (SSSR count). The zero-order valence-corrected chi connectivity index (χ0v) is 46.8. The second-order valence-corrected chi connectivity index (χ2v) is 25.5. The van der Waals surface area contributed by atoms with Crippen molar-refractivity contribution in [1.82, 2.24) is 29.9 Å². The fourth-order valence-corrected chi connectivity index (χ4v) is 14.8. The topological polar surface area (TPSA) is 175 Å². The summed E-state index contributed by atoms with van der Waals surface area (Å²) in [6.07, 6.45) is 9.04. The Hall–Kier alpha value is -5.44. The van der Waals surface area contributed by atoms with Crippen LogP contribution in [0.25, 0.3) is 0 Å². The lowest BCUT2D eigenvalue weighted by atomic mass is 10.0. The Bertz CT molecular complexity index is 2980. The molecule has 6 aromatic rings. The van der Waals surface area contributed by atoms with Gasteiger partial charge in [0.25, 0.3) is 31.9 Å². The minimum Gasteiger partial charge on any atom is -0.497 e. The van der Waals surface area contributed by atoms with Crippen LogP contribution in [0.4, 0.5) is 0 Å². The number of sulfonamides is 2. The average molecular weight is 1100 g/mol. The molecule has 2 aliphatic rings. The molecule has 0 radical (unpaired) electrons. The van der Waals surface area contributed by atoms with Crippen molar-refractivity contribution < 1.29 is 35.9 Å². The fourth-order valence-electron chi connectivity index (χ4n) is 8.93. The molecule has 0 saturated carbocycles. The number of ether oxygens (including phenoxy) is 2. The van der Waals surface area contributed by atoms with Crippen LogP contribution in [0.2, 0.25) is 0 Å². The van der Waals surface area contributed by atoms with Crippen molar-refractivity contribution in [3.8, 4) is 11.5 Å². The van der Waals surface area contributed by atoms with Crippen LogP contribution in [0.15, 0.2) is 130 Å². The van der Waals surface area contributed by atoms with E-state index in [1.807, 2.05) is 0 Å². The number of nitrogens with zero attached hydrogens (tertiary/aromatic N) is 2. The first-order valence-corrected chi connectivity index (χ1v) is 30.4. The van der Waals surface area contributed by atoms with E-state index in [1.165, 1.54) is 64.2 Å². The first-order valence-electron chi connectivity index (χ1n) is 25.9. The lowest BCUT2D eigenvalue weighted by molar-refractivity contribution is 0.0943. The van der Waals surface area contributed by atoms with E-state index in [0.717, 1.165) is 61.4 Å². The van der Waals surface area contributed by atoms with Gasteiger partial charge in [-0.1, -0.05) is 87.4 Å². The molecule has 2 aromatic heterocycles. The lowest BCUT2D eigenvalue weighted by Gasteiger charge is -2.31. The Labute approximate surface area is 452 Å². The Kier molecular flexibility index (Phi) is 21.4. The predicted octanol–water partition coefficient (Wildman–Crippen LogP) is 9.55. The number of nitrogens with one attached hydrogen (secondary N) is 4. The summed E-state index contributed by atoms with van der Waals surface area (Å²) in [5, 5.41) is 12.9. The van der Waals surface area contributed by atoms with Gasteiger partial charge in [-0.3, -0.25) is 9.59 Å². The number of rotatable bonds is 23. The number of carbonyl (C=O) groups is 2. The van der Waals surface area contributed by atoms with Crippen LogP contribution in [0.1, 0.15) is 112 Å². The van der Waals surface area contributed by atoms with E-state index in [2.05, 4.69) is 83.6 Å². The number of methoxy groups -OCH3 is 2. The van der Waals surface area contributed by atoms with Gasteiger partial charge in [-0.2, -0.15) is 8.61 Å². The summed E-state index contributed by atoms with van der Waals surface area (Å²) in [6, 6.07) is 38.7. The van der Waals surface area contributed by atoms with Crippen molar-refractivity contribution in [3.05, 3.63) is 164 Å². The highest BCUT2D eigenvalue weighted by atomic mass is 32.3. The highest BCUT2D eigenvalue weighted by molar-refractivity contribution is 7.91. The van der Waals surface area contributed by atoms with Crippen LogP contribution >= 0.6 is 22.7 Å². The maximum atomic E-state index is 13.3. The van der Waals surface area contributed by atoms with Gasteiger partial charge in [-0.05, 0) is 128 Å². The van der Waals surface area contributed by atoms with Crippen molar-refractivity contribution in [2.24, 2.45) is 0 Å². The lowest BCUT2D eigenvalue weighted by Crippen LogP contribution is -2.44. The molecule has 75 heavy (non-hydrogen) atoms. The summed E-state index contributed by atoms with van der Waals surface area (Å²) in [5.74, 6) is 0.751. The molecular weight excluding hydrogens is 1020 g/mol. The van der Waals surface area contributed by atoms with E-state index >= 15 is 0 Å². The molecule has 0 aliphatic carbocycles. The molecule has 18 heteroatoms. The van der Waals surface area contributed by atoms with Crippen molar-refractivity contribution in [2.45, 2.75) is 118 Å². The summed E-state index contributed by atoms with van der Waals surface area (Å²) < 4.78 is 67.0. The molecule has 0 atom stereocenters.